The largest absolute Gasteiger partial charge is 0.443 e. The summed E-state index contributed by atoms with van der Waals surface area (Å²) in [7, 11) is 0. The van der Waals surface area contributed by atoms with E-state index in [1.165, 1.54) is 0 Å². The summed E-state index contributed by atoms with van der Waals surface area (Å²) in [5.41, 5.74) is -1.10. The van der Waals surface area contributed by atoms with Gasteiger partial charge in [0.15, 0.2) is 6.61 Å². The molecule has 0 saturated carbocycles. The number of cyclic esters (lactones) is 1. The zero-order valence-electron chi connectivity index (χ0n) is 8.65. The van der Waals surface area contributed by atoms with Crippen molar-refractivity contribution in [3.8, 4) is 0 Å². The van der Waals surface area contributed by atoms with E-state index < -0.39 is 47.7 Å². The number of halogens is 5. The number of carbonyl (C=O) groups excluding carboxylic acids is 1. The molecule has 8 heteroatoms. The van der Waals surface area contributed by atoms with Crippen molar-refractivity contribution < 1.29 is 31.5 Å². The molecular weight excluding hydrogens is 261 g/mol. The highest BCUT2D eigenvalue weighted by Crippen LogP contribution is 2.37. The molecule has 1 aliphatic heterocycles. The molecule has 0 unspecified atom stereocenters. The van der Waals surface area contributed by atoms with Gasteiger partial charge in [-0.25, -0.2) is 26.7 Å². The van der Waals surface area contributed by atoms with Gasteiger partial charge in [0.1, 0.15) is 23.5 Å². The Labute approximate surface area is 97.5 Å². The molecule has 1 aromatic carbocycles. The third-order valence-corrected chi connectivity index (χ3v) is 2.41. The van der Waals surface area contributed by atoms with Crippen molar-refractivity contribution in [2.75, 3.05) is 6.61 Å². The number of alkyl halides is 2. The second-order valence-electron chi connectivity index (χ2n) is 3.70. The van der Waals surface area contributed by atoms with Crippen LogP contribution in [0, 0.1) is 17.5 Å². The van der Waals surface area contributed by atoms with Crippen LogP contribution in [0.5, 0.6) is 0 Å². The number of rotatable bonds is 1. The average Bonchev–Trinajstić information content (AvgIpc) is 2.22. The monoisotopic (exact) mass is 267 g/mol. The number of hydrogen-bond donors (Lipinski definition) is 1. The van der Waals surface area contributed by atoms with Gasteiger partial charge in [0.25, 0.3) is 0 Å². The minimum absolute atomic E-state index is 0.260. The number of alkyl carbamates (subject to hydrolysis) is 1. The lowest BCUT2D eigenvalue weighted by molar-refractivity contribution is -0.105. The minimum atomic E-state index is -3.70. The Morgan fingerprint density at radius 2 is 1.78 bits per heavy atom. The van der Waals surface area contributed by atoms with Crippen LogP contribution in [-0.2, 0) is 4.74 Å². The van der Waals surface area contributed by atoms with Crippen LogP contribution in [0.3, 0.4) is 0 Å². The van der Waals surface area contributed by atoms with Crippen LogP contribution in [-0.4, -0.2) is 18.6 Å². The van der Waals surface area contributed by atoms with Gasteiger partial charge in [0.2, 0.25) is 0 Å². The molecule has 2 rings (SSSR count). The highest BCUT2D eigenvalue weighted by Gasteiger charge is 2.49. The second-order valence-corrected chi connectivity index (χ2v) is 3.70. The van der Waals surface area contributed by atoms with E-state index in [4.69, 9.17) is 0 Å². The second kappa shape index (κ2) is 4.11. The molecule has 0 radical (unpaired) electrons. The van der Waals surface area contributed by atoms with Gasteiger partial charge >= 0.3 is 12.0 Å². The van der Waals surface area contributed by atoms with E-state index in [1.54, 1.807) is 5.32 Å². The van der Waals surface area contributed by atoms with E-state index in [1.807, 2.05) is 0 Å². The quantitative estimate of drug-likeness (QED) is 0.794. The van der Waals surface area contributed by atoms with E-state index in [9.17, 15) is 26.7 Å². The topological polar surface area (TPSA) is 38.3 Å². The van der Waals surface area contributed by atoms with Crippen LogP contribution in [0.4, 0.5) is 26.7 Å². The number of nitrogens with one attached hydrogen (secondary N) is 1. The molecule has 1 aliphatic rings. The summed E-state index contributed by atoms with van der Waals surface area (Å²) in [5, 5.41) is 1.61. The minimum Gasteiger partial charge on any atom is -0.443 e. The molecule has 1 aromatic rings. The van der Waals surface area contributed by atoms with Crippen LogP contribution in [0.15, 0.2) is 12.1 Å². The standard InChI is InChI=1S/C10H6F5NO2/c11-4-1-5(12)7(6(13)2-4)8-10(14,15)3-18-9(17)16-8/h1-2,8H,3H2,(H,16,17)/t8-/m0/s1. The van der Waals surface area contributed by atoms with Crippen LogP contribution in [0.25, 0.3) is 0 Å². The highest BCUT2D eigenvalue weighted by molar-refractivity contribution is 5.69. The number of hydrogen-bond acceptors (Lipinski definition) is 2. The first kappa shape index (κ1) is 12.6. The van der Waals surface area contributed by atoms with Crippen molar-refractivity contribution in [2.45, 2.75) is 12.0 Å². The van der Waals surface area contributed by atoms with Gasteiger partial charge in [-0.3, -0.25) is 0 Å². The predicted molar refractivity (Wildman–Crippen MR) is 48.5 cm³/mol. The van der Waals surface area contributed by atoms with Gasteiger partial charge in [-0.1, -0.05) is 0 Å². The Balaban J connectivity index is 2.49. The summed E-state index contributed by atoms with van der Waals surface area (Å²) in [4.78, 5) is 10.8. The molecule has 0 aromatic heterocycles. The zero-order chi connectivity index (χ0) is 13.5. The molecular formula is C10H6F5NO2. The van der Waals surface area contributed by atoms with Crippen molar-refractivity contribution in [3.63, 3.8) is 0 Å². The Hall–Kier alpha value is -1.86. The molecule has 98 valence electrons. The molecule has 1 heterocycles. The maximum Gasteiger partial charge on any atom is 0.408 e. The fraction of sp³-hybridized carbons (Fsp3) is 0.300. The molecule has 1 atom stereocenters. The number of amides is 1. The summed E-state index contributed by atoms with van der Waals surface area (Å²) in [5.74, 6) is -7.94. The van der Waals surface area contributed by atoms with Crippen molar-refractivity contribution in [1.29, 1.82) is 0 Å². The van der Waals surface area contributed by atoms with Crippen molar-refractivity contribution >= 4 is 6.09 Å². The lowest BCUT2D eigenvalue weighted by Crippen LogP contribution is -2.50. The predicted octanol–water partition coefficient (Wildman–Crippen LogP) is 2.52. The van der Waals surface area contributed by atoms with Gasteiger partial charge < -0.3 is 10.1 Å². The van der Waals surface area contributed by atoms with Crippen molar-refractivity contribution in [3.05, 3.63) is 35.1 Å². The maximum atomic E-state index is 13.4. The normalized spacial score (nSPS) is 22.3. The van der Waals surface area contributed by atoms with Crippen LogP contribution >= 0.6 is 0 Å². The first-order chi connectivity index (χ1) is 8.31. The summed E-state index contributed by atoms with van der Waals surface area (Å²) in [6, 6.07) is -1.72. The van der Waals surface area contributed by atoms with Crippen LogP contribution < -0.4 is 5.32 Å². The molecule has 1 amide bonds. The molecule has 0 aliphatic carbocycles. The third kappa shape index (κ3) is 2.09. The summed E-state index contributed by atoms with van der Waals surface area (Å²) < 4.78 is 70.3. The Morgan fingerprint density at radius 1 is 1.22 bits per heavy atom. The summed E-state index contributed by atoms with van der Waals surface area (Å²) in [6.45, 7) is -1.31. The molecule has 0 bridgehead atoms. The smallest absolute Gasteiger partial charge is 0.408 e. The summed E-state index contributed by atoms with van der Waals surface area (Å²) in [6.07, 6.45) is -1.23. The van der Waals surface area contributed by atoms with Crippen LogP contribution in [0.2, 0.25) is 0 Å². The average molecular weight is 267 g/mol. The molecule has 1 saturated heterocycles. The van der Waals surface area contributed by atoms with E-state index in [0.717, 1.165) is 0 Å². The van der Waals surface area contributed by atoms with E-state index in [2.05, 4.69) is 4.74 Å². The molecule has 0 spiro atoms. The molecule has 18 heavy (non-hydrogen) atoms. The number of benzene rings is 1. The highest BCUT2D eigenvalue weighted by atomic mass is 19.3. The van der Waals surface area contributed by atoms with Gasteiger partial charge in [0, 0.05) is 12.1 Å². The van der Waals surface area contributed by atoms with Gasteiger partial charge in [-0.2, -0.15) is 0 Å². The van der Waals surface area contributed by atoms with Gasteiger partial charge in [-0.15, -0.1) is 0 Å². The van der Waals surface area contributed by atoms with Crippen molar-refractivity contribution in [2.24, 2.45) is 0 Å². The fourth-order valence-electron chi connectivity index (χ4n) is 1.62. The SMILES string of the molecule is O=C1N[C@@H](c2c(F)cc(F)cc2F)C(F)(F)CO1. The Kier molecular flexibility index (Phi) is 2.88. The molecule has 1 fully saturated rings. The first-order valence-corrected chi connectivity index (χ1v) is 4.77. The molecule has 3 nitrogen and oxygen atoms in total. The maximum absolute atomic E-state index is 13.4. The number of ether oxygens (including phenoxy) is 1. The van der Waals surface area contributed by atoms with E-state index in [0.29, 0.717) is 0 Å². The van der Waals surface area contributed by atoms with Gasteiger partial charge in [-0.05, 0) is 0 Å². The lowest BCUT2D eigenvalue weighted by Gasteiger charge is -2.32. The lowest BCUT2D eigenvalue weighted by atomic mass is 9.99. The van der Waals surface area contributed by atoms with Crippen molar-refractivity contribution in [1.82, 2.24) is 5.32 Å². The molecule has 1 N–H and O–H groups in total. The van der Waals surface area contributed by atoms with Crippen LogP contribution in [0.1, 0.15) is 11.6 Å². The van der Waals surface area contributed by atoms with Gasteiger partial charge in [0.05, 0.1) is 5.56 Å². The Bertz CT molecular complexity index is 482. The fourth-order valence-corrected chi connectivity index (χ4v) is 1.62. The number of carbonyl (C=O) groups is 1. The third-order valence-electron chi connectivity index (χ3n) is 2.41. The first-order valence-electron chi connectivity index (χ1n) is 4.77. The Morgan fingerprint density at radius 3 is 2.33 bits per heavy atom. The van der Waals surface area contributed by atoms with E-state index in [-0.39, 0.29) is 12.1 Å². The zero-order valence-corrected chi connectivity index (χ0v) is 8.65. The van der Waals surface area contributed by atoms with E-state index >= 15 is 0 Å². The summed E-state index contributed by atoms with van der Waals surface area (Å²) >= 11 is 0.